The van der Waals surface area contributed by atoms with Gasteiger partial charge in [0.05, 0.1) is 0 Å². The van der Waals surface area contributed by atoms with Crippen molar-refractivity contribution in [2.45, 2.75) is 39.3 Å². The van der Waals surface area contributed by atoms with Crippen LogP contribution >= 0.6 is 0 Å². The lowest BCUT2D eigenvalue weighted by Crippen LogP contribution is -2.22. The summed E-state index contributed by atoms with van der Waals surface area (Å²) in [7, 11) is 0. The van der Waals surface area contributed by atoms with Crippen molar-refractivity contribution in [1.82, 2.24) is 20.0 Å². The fraction of sp³-hybridized carbons (Fsp3) is 0.571. The van der Waals surface area contributed by atoms with Gasteiger partial charge in [-0.05, 0) is 43.9 Å². The highest BCUT2D eigenvalue weighted by Crippen LogP contribution is 2.41. The lowest BCUT2D eigenvalue weighted by molar-refractivity contribution is 0.367. The molecule has 1 aliphatic carbocycles. The lowest BCUT2D eigenvalue weighted by Gasteiger charge is -2.15. The van der Waals surface area contributed by atoms with Crippen LogP contribution in [0, 0.1) is 12.8 Å². The Morgan fingerprint density at radius 1 is 1.53 bits per heavy atom. The number of hydrogen-bond donors (Lipinski definition) is 1. The van der Waals surface area contributed by atoms with E-state index in [2.05, 4.69) is 45.4 Å². The zero-order valence-corrected chi connectivity index (χ0v) is 11.5. The van der Waals surface area contributed by atoms with Crippen molar-refractivity contribution in [1.29, 1.82) is 0 Å². The number of rotatable bonds is 6. The smallest absolute Gasteiger partial charge is 0.246 e. The van der Waals surface area contributed by atoms with E-state index >= 15 is 0 Å². The van der Waals surface area contributed by atoms with Crippen LogP contribution < -0.4 is 5.32 Å². The van der Waals surface area contributed by atoms with E-state index in [1.54, 1.807) is 0 Å². The largest absolute Gasteiger partial charge is 0.345 e. The Morgan fingerprint density at radius 3 is 3.00 bits per heavy atom. The highest BCUT2D eigenvalue weighted by atomic mass is 16.5. The van der Waals surface area contributed by atoms with Crippen LogP contribution in [0.1, 0.15) is 43.1 Å². The van der Waals surface area contributed by atoms with E-state index in [1.807, 2.05) is 6.92 Å². The molecule has 0 saturated heterocycles. The Balaban J connectivity index is 1.71. The summed E-state index contributed by atoms with van der Waals surface area (Å²) in [5, 5.41) is 7.39. The summed E-state index contributed by atoms with van der Waals surface area (Å²) in [6.45, 7) is 5.65. The number of aromatic nitrogens is 3. The SMILES string of the molecule is CCNC(c1ccn(Cc2nc(C)no2)c1)C1CC1. The van der Waals surface area contributed by atoms with Gasteiger partial charge in [0.15, 0.2) is 5.82 Å². The van der Waals surface area contributed by atoms with Crippen molar-refractivity contribution in [3.05, 3.63) is 35.7 Å². The van der Waals surface area contributed by atoms with Crippen molar-refractivity contribution in [2.24, 2.45) is 5.92 Å². The van der Waals surface area contributed by atoms with Gasteiger partial charge in [-0.25, -0.2) is 0 Å². The fourth-order valence-corrected chi connectivity index (χ4v) is 2.51. The van der Waals surface area contributed by atoms with Gasteiger partial charge in [0.2, 0.25) is 5.89 Å². The molecule has 0 aromatic carbocycles. The van der Waals surface area contributed by atoms with Gasteiger partial charge in [-0.3, -0.25) is 0 Å². The molecule has 5 nitrogen and oxygen atoms in total. The highest BCUT2D eigenvalue weighted by Gasteiger charge is 2.32. The first kappa shape index (κ1) is 12.4. The maximum atomic E-state index is 5.15. The van der Waals surface area contributed by atoms with Crippen LogP contribution in [0.3, 0.4) is 0 Å². The Kier molecular flexibility index (Phi) is 3.38. The maximum Gasteiger partial charge on any atom is 0.246 e. The minimum atomic E-state index is 0.496. The third-order valence-corrected chi connectivity index (χ3v) is 3.54. The normalized spacial score (nSPS) is 16.7. The topological polar surface area (TPSA) is 55.9 Å². The van der Waals surface area contributed by atoms with Crippen LogP contribution in [-0.4, -0.2) is 21.3 Å². The van der Waals surface area contributed by atoms with Crippen molar-refractivity contribution >= 4 is 0 Å². The van der Waals surface area contributed by atoms with Gasteiger partial charge in [0.25, 0.3) is 0 Å². The van der Waals surface area contributed by atoms with Gasteiger partial charge >= 0.3 is 0 Å². The van der Waals surface area contributed by atoms with E-state index in [0.717, 1.165) is 12.5 Å². The molecular weight excluding hydrogens is 240 g/mol. The minimum absolute atomic E-state index is 0.496. The monoisotopic (exact) mass is 260 g/mol. The summed E-state index contributed by atoms with van der Waals surface area (Å²) < 4.78 is 7.25. The average molecular weight is 260 g/mol. The van der Waals surface area contributed by atoms with Crippen molar-refractivity contribution in [3.8, 4) is 0 Å². The van der Waals surface area contributed by atoms with Crippen LogP contribution in [0.2, 0.25) is 0 Å². The molecule has 0 spiro atoms. The van der Waals surface area contributed by atoms with E-state index in [4.69, 9.17) is 4.52 Å². The molecular formula is C14H20N4O. The number of hydrogen-bond acceptors (Lipinski definition) is 4. The molecule has 2 aromatic heterocycles. The molecule has 0 bridgehead atoms. The third kappa shape index (κ3) is 2.87. The molecule has 0 radical (unpaired) electrons. The third-order valence-electron chi connectivity index (χ3n) is 3.54. The van der Waals surface area contributed by atoms with Crippen LogP contribution in [0.4, 0.5) is 0 Å². The summed E-state index contributed by atoms with van der Waals surface area (Å²) in [6, 6.07) is 2.69. The molecule has 19 heavy (non-hydrogen) atoms. The van der Waals surface area contributed by atoms with E-state index in [1.165, 1.54) is 18.4 Å². The Bertz CT molecular complexity index is 541. The molecule has 1 aliphatic rings. The number of aryl methyl sites for hydroxylation is 1. The quantitative estimate of drug-likeness (QED) is 0.865. The fourth-order valence-electron chi connectivity index (χ4n) is 2.51. The second-order valence-electron chi connectivity index (χ2n) is 5.23. The molecule has 0 aliphatic heterocycles. The standard InChI is InChI=1S/C14H20N4O/c1-3-15-14(11-4-5-11)12-6-7-18(8-12)9-13-16-10(2)17-19-13/h6-8,11,14-15H,3-5,9H2,1-2H3. The summed E-state index contributed by atoms with van der Waals surface area (Å²) in [6.07, 6.45) is 6.95. The van der Waals surface area contributed by atoms with E-state index in [0.29, 0.717) is 24.3 Å². The first-order chi connectivity index (χ1) is 9.26. The predicted molar refractivity (Wildman–Crippen MR) is 71.7 cm³/mol. The minimum Gasteiger partial charge on any atom is -0.345 e. The zero-order chi connectivity index (χ0) is 13.2. The highest BCUT2D eigenvalue weighted by molar-refractivity contribution is 5.18. The van der Waals surface area contributed by atoms with Gasteiger partial charge in [-0.15, -0.1) is 0 Å². The molecule has 3 rings (SSSR count). The summed E-state index contributed by atoms with van der Waals surface area (Å²) in [5.74, 6) is 2.15. The van der Waals surface area contributed by atoms with Gasteiger partial charge in [-0.2, -0.15) is 4.98 Å². The van der Waals surface area contributed by atoms with E-state index < -0.39 is 0 Å². The molecule has 0 amide bonds. The van der Waals surface area contributed by atoms with Crippen LogP contribution in [-0.2, 0) is 6.54 Å². The molecule has 2 aromatic rings. The van der Waals surface area contributed by atoms with E-state index in [9.17, 15) is 0 Å². The molecule has 1 N–H and O–H groups in total. The molecule has 1 saturated carbocycles. The second-order valence-corrected chi connectivity index (χ2v) is 5.23. The van der Waals surface area contributed by atoms with Gasteiger partial charge < -0.3 is 14.4 Å². The van der Waals surface area contributed by atoms with Crippen LogP contribution in [0.5, 0.6) is 0 Å². The number of nitrogens with one attached hydrogen (secondary N) is 1. The Hall–Kier alpha value is -1.62. The first-order valence-electron chi connectivity index (χ1n) is 6.94. The van der Waals surface area contributed by atoms with Crippen molar-refractivity contribution in [3.63, 3.8) is 0 Å². The lowest BCUT2D eigenvalue weighted by atomic mass is 10.1. The zero-order valence-electron chi connectivity index (χ0n) is 11.5. The van der Waals surface area contributed by atoms with Gasteiger partial charge in [-0.1, -0.05) is 12.1 Å². The van der Waals surface area contributed by atoms with Gasteiger partial charge in [0.1, 0.15) is 6.54 Å². The second kappa shape index (κ2) is 5.17. The summed E-state index contributed by atoms with van der Waals surface area (Å²) in [4.78, 5) is 4.23. The van der Waals surface area contributed by atoms with Gasteiger partial charge in [0, 0.05) is 18.4 Å². The molecule has 2 heterocycles. The Labute approximate surface area is 113 Å². The molecule has 5 heteroatoms. The van der Waals surface area contributed by atoms with Crippen LogP contribution in [0.25, 0.3) is 0 Å². The summed E-state index contributed by atoms with van der Waals surface area (Å²) >= 11 is 0. The molecule has 102 valence electrons. The van der Waals surface area contributed by atoms with Crippen molar-refractivity contribution < 1.29 is 4.52 Å². The molecule has 1 fully saturated rings. The molecule has 1 atom stereocenters. The number of nitrogens with zero attached hydrogens (tertiary/aromatic N) is 3. The van der Waals surface area contributed by atoms with E-state index in [-0.39, 0.29) is 0 Å². The predicted octanol–water partition coefficient (Wildman–Crippen LogP) is 2.29. The maximum absolute atomic E-state index is 5.15. The Morgan fingerprint density at radius 2 is 2.37 bits per heavy atom. The van der Waals surface area contributed by atoms with Crippen LogP contribution in [0.15, 0.2) is 23.0 Å². The van der Waals surface area contributed by atoms with Crippen molar-refractivity contribution in [2.75, 3.05) is 6.54 Å². The summed E-state index contributed by atoms with van der Waals surface area (Å²) in [5.41, 5.74) is 1.36. The average Bonchev–Trinajstić information content (AvgIpc) is 3.00. The first-order valence-corrected chi connectivity index (χ1v) is 6.94. The molecule has 1 unspecified atom stereocenters.